The fourth-order valence-corrected chi connectivity index (χ4v) is 2.90. The first-order valence-electron chi connectivity index (χ1n) is 7.96. The fraction of sp³-hybridized carbons (Fsp3) is 0.562. The number of rotatable bonds is 8. The van der Waals surface area contributed by atoms with Crippen molar-refractivity contribution in [3.63, 3.8) is 0 Å². The van der Waals surface area contributed by atoms with E-state index in [2.05, 4.69) is 19.6 Å². The molecule has 0 amide bonds. The molecule has 1 rings (SSSR count). The number of esters is 1. The molecule has 0 spiro atoms. The van der Waals surface area contributed by atoms with Gasteiger partial charge >= 0.3 is 13.1 Å². The SMILES string of the molecule is Cc1c(C(=O)OCC[Si](C)(C)C)ccc(CCCB(O)O)c1O. The van der Waals surface area contributed by atoms with Crippen molar-refractivity contribution in [2.24, 2.45) is 0 Å². The first-order valence-corrected chi connectivity index (χ1v) is 11.7. The van der Waals surface area contributed by atoms with E-state index in [1.807, 2.05) is 0 Å². The van der Waals surface area contributed by atoms with Crippen LogP contribution in [0.5, 0.6) is 5.75 Å². The molecule has 0 aliphatic heterocycles. The Morgan fingerprint density at radius 1 is 1.26 bits per heavy atom. The Balaban J connectivity index is 2.70. The summed E-state index contributed by atoms with van der Waals surface area (Å²) in [6.45, 7) is 8.75. The van der Waals surface area contributed by atoms with Gasteiger partial charge in [-0.1, -0.05) is 32.1 Å². The van der Waals surface area contributed by atoms with Gasteiger partial charge in [0.05, 0.1) is 12.2 Å². The van der Waals surface area contributed by atoms with Crippen LogP contribution < -0.4 is 0 Å². The largest absolute Gasteiger partial charge is 0.507 e. The van der Waals surface area contributed by atoms with Gasteiger partial charge in [0.15, 0.2) is 0 Å². The Morgan fingerprint density at radius 3 is 2.48 bits per heavy atom. The van der Waals surface area contributed by atoms with Gasteiger partial charge in [0, 0.05) is 13.6 Å². The molecule has 0 fully saturated rings. The molecule has 0 aliphatic carbocycles. The van der Waals surface area contributed by atoms with Crippen LogP contribution in [0, 0.1) is 6.92 Å². The molecule has 0 radical (unpaired) electrons. The maximum absolute atomic E-state index is 12.1. The standard InChI is InChI=1S/C16H27BO5Si/c1-12-14(16(19)22-10-11-23(2,3)4)8-7-13(15(12)18)6-5-9-17(20)21/h7-8,18,20-21H,5-6,9-11H2,1-4H3. The van der Waals surface area contributed by atoms with Gasteiger partial charge in [0.1, 0.15) is 5.75 Å². The monoisotopic (exact) mass is 338 g/mol. The van der Waals surface area contributed by atoms with Gasteiger partial charge in [-0.3, -0.25) is 0 Å². The van der Waals surface area contributed by atoms with Crippen LogP contribution >= 0.6 is 0 Å². The minimum Gasteiger partial charge on any atom is -0.507 e. The minimum absolute atomic E-state index is 0.0806. The van der Waals surface area contributed by atoms with E-state index in [0.717, 1.165) is 6.04 Å². The van der Waals surface area contributed by atoms with E-state index in [0.29, 0.717) is 36.1 Å². The summed E-state index contributed by atoms with van der Waals surface area (Å²) in [4.78, 5) is 12.1. The topological polar surface area (TPSA) is 87.0 Å². The Hall–Kier alpha value is -1.31. The highest BCUT2D eigenvalue weighted by Crippen LogP contribution is 2.27. The summed E-state index contributed by atoms with van der Waals surface area (Å²) < 4.78 is 5.31. The highest BCUT2D eigenvalue weighted by atomic mass is 28.3. The van der Waals surface area contributed by atoms with Crippen molar-refractivity contribution in [2.75, 3.05) is 6.61 Å². The number of carbonyl (C=O) groups is 1. The molecule has 1 aromatic carbocycles. The van der Waals surface area contributed by atoms with E-state index in [-0.39, 0.29) is 12.1 Å². The van der Waals surface area contributed by atoms with Crippen LogP contribution in [-0.4, -0.2) is 42.9 Å². The molecule has 3 N–H and O–H groups in total. The summed E-state index contributed by atoms with van der Waals surface area (Å²) in [5.74, 6) is -0.328. The van der Waals surface area contributed by atoms with Crippen molar-refractivity contribution in [3.8, 4) is 5.75 Å². The molecular weight excluding hydrogens is 311 g/mol. The molecule has 0 heterocycles. The van der Waals surface area contributed by atoms with Gasteiger partial charge in [0.2, 0.25) is 0 Å². The molecule has 0 saturated heterocycles. The number of phenols is 1. The van der Waals surface area contributed by atoms with E-state index in [4.69, 9.17) is 14.8 Å². The Bertz CT molecular complexity index is 540. The second-order valence-corrected chi connectivity index (χ2v) is 12.7. The summed E-state index contributed by atoms with van der Waals surface area (Å²) in [6.07, 6.45) is 1.32. The molecule has 5 nitrogen and oxygen atoms in total. The molecule has 0 aromatic heterocycles. The quantitative estimate of drug-likeness (QED) is 0.501. The summed E-state index contributed by atoms with van der Waals surface area (Å²) >= 11 is 0. The number of hydrogen-bond donors (Lipinski definition) is 3. The van der Waals surface area contributed by atoms with Crippen LogP contribution in [0.1, 0.15) is 27.9 Å². The summed E-state index contributed by atoms with van der Waals surface area (Å²) in [7, 11) is -2.58. The van der Waals surface area contributed by atoms with Crippen molar-refractivity contribution in [2.45, 2.75) is 51.8 Å². The first-order chi connectivity index (χ1) is 10.6. The zero-order valence-corrected chi connectivity index (χ0v) is 15.4. The number of aromatic hydroxyl groups is 1. The lowest BCUT2D eigenvalue weighted by Gasteiger charge is -2.16. The molecular formula is C16H27BO5Si. The lowest BCUT2D eigenvalue weighted by atomic mass is 9.83. The van der Waals surface area contributed by atoms with E-state index >= 15 is 0 Å². The summed E-state index contributed by atoms with van der Waals surface area (Å²) in [6, 6.07) is 4.27. The summed E-state index contributed by atoms with van der Waals surface area (Å²) in [5.41, 5.74) is 1.58. The molecule has 128 valence electrons. The Labute approximate surface area is 139 Å². The minimum atomic E-state index is -1.33. The smallest absolute Gasteiger partial charge is 0.451 e. The van der Waals surface area contributed by atoms with Crippen LogP contribution in [0.4, 0.5) is 0 Å². The third-order valence-electron chi connectivity index (χ3n) is 3.73. The lowest BCUT2D eigenvalue weighted by Crippen LogP contribution is -2.22. The summed E-state index contributed by atoms with van der Waals surface area (Å²) in [5, 5.41) is 27.9. The van der Waals surface area contributed by atoms with Crippen molar-refractivity contribution < 1.29 is 24.7 Å². The number of ether oxygens (including phenoxy) is 1. The first kappa shape index (κ1) is 19.7. The maximum atomic E-state index is 12.1. The average Bonchev–Trinajstić information content (AvgIpc) is 2.41. The lowest BCUT2D eigenvalue weighted by molar-refractivity contribution is 0.0524. The average molecular weight is 338 g/mol. The Kier molecular flexibility index (Phi) is 7.31. The van der Waals surface area contributed by atoms with Gasteiger partial charge in [-0.25, -0.2) is 4.79 Å². The van der Waals surface area contributed by atoms with Crippen molar-refractivity contribution in [1.82, 2.24) is 0 Å². The molecule has 23 heavy (non-hydrogen) atoms. The highest BCUT2D eigenvalue weighted by Gasteiger charge is 2.18. The van der Waals surface area contributed by atoms with Crippen LogP contribution in [0.15, 0.2) is 12.1 Å². The molecule has 0 saturated carbocycles. The number of phenolic OH excluding ortho intramolecular Hbond substituents is 1. The van der Waals surface area contributed by atoms with E-state index in [1.165, 1.54) is 0 Å². The van der Waals surface area contributed by atoms with E-state index < -0.39 is 21.2 Å². The molecule has 1 aromatic rings. The van der Waals surface area contributed by atoms with Crippen molar-refractivity contribution in [1.29, 1.82) is 0 Å². The normalized spacial score (nSPS) is 11.4. The molecule has 7 heteroatoms. The van der Waals surface area contributed by atoms with Crippen molar-refractivity contribution in [3.05, 3.63) is 28.8 Å². The number of aryl methyl sites for hydroxylation is 1. The highest BCUT2D eigenvalue weighted by molar-refractivity contribution is 6.76. The Morgan fingerprint density at radius 2 is 1.91 bits per heavy atom. The second kappa shape index (κ2) is 8.52. The van der Waals surface area contributed by atoms with Crippen LogP contribution in [-0.2, 0) is 11.2 Å². The van der Waals surface area contributed by atoms with Gasteiger partial charge < -0.3 is 19.9 Å². The predicted octanol–water partition coefficient (Wildman–Crippen LogP) is 2.60. The van der Waals surface area contributed by atoms with E-state index in [1.54, 1.807) is 19.1 Å². The maximum Gasteiger partial charge on any atom is 0.451 e. The van der Waals surface area contributed by atoms with Gasteiger partial charge in [-0.2, -0.15) is 0 Å². The van der Waals surface area contributed by atoms with E-state index in [9.17, 15) is 9.90 Å². The molecule has 0 aliphatic rings. The van der Waals surface area contributed by atoms with Crippen LogP contribution in [0.3, 0.4) is 0 Å². The number of carbonyl (C=O) groups excluding carboxylic acids is 1. The van der Waals surface area contributed by atoms with Crippen molar-refractivity contribution >= 4 is 21.2 Å². The van der Waals surface area contributed by atoms with Crippen LogP contribution in [0.25, 0.3) is 0 Å². The fourth-order valence-electron chi connectivity index (χ4n) is 2.18. The second-order valence-electron chi connectivity index (χ2n) is 7.07. The molecule has 0 bridgehead atoms. The van der Waals surface area contributed by atoms with Gasteiger partial charge in [0.25, 0.3) is 0 Å². The third-order valence-corrected chi connectivity index (χ3v) is 5.43. The molecule has 0 unspecified atom stereocenters. The number of hydrogen-bond acceptors (Lipinski definition) is 5. The van der Waals surface area contributed by atoms with Gasteiger partial charge in [-0.15, -0.1) is 0 Å². The number of benzene rings is 1. The predicted molar refractivity (Wildman–Crippen MR) is 94.6 cm³/mol. The van der Waals surface area contributed by atoms with Gasteiger partial charge in [-0.05, 0) is 37.3 Å². The van der Waals surface area contributed by atoms with Crippen LogP contribution in [0.2, 0.25) is 32.0 Å². The zero-order valence-electron chi connectivity index (χ0n) is 14.4. The molecule has 0 atom stereocenters. The third kappa shape index (κ3) is 6.76. The zero-order chi connectivity index (χ0) is 17.6.